The van der Waals surface area contributed by atoms with Gasteiger partial charge in [-0.05, 0) is 42.8 Å². The zero-order valence-corrected chi connectivity index (χ0v) is 16.5. The predicted octanol–water partition coefficient (Wildman–Crippen LogP) is 3.40. The number of carbonyl (C=O) groups is 2. The summed E-state index contributed by atoms with van der Waals surface area (Å²) in [6, 6.07) is 13.6. The number of nitrogens with one attached hydrogen (secondary N) is 1. The molecule has 1 aliphatic rings. The first-order chi connectivity index (χ1) is 14.4. The van der Waals surface area contributed by atoms with E-state index in [9.17, 15) is 18.8 Å². The predicted molar refractivity (Wildman–Crippen MR) is 110 cm³/mol. The average molecular weight is 426 g/mol. The van der Waals surface area contributed by atoms with Crippen molar-refractivity contribution in [2.45, 2.75) is 12.8 Å². The highest BCUT2D eigenvalue weighted by Crippen LogP contribution is 2.22. The molecule has 0 aliphatic carbocycles. The van der Waals surface area contributed by atoms with Crippen LogP contribution in [-0.2, 0) is 4.79 Å². The highest BCUT2D eigenvalue weighted by Gasteiger charge is 2.28. The number of Topliss-reactive ketones (excluding diaryl/α,β-unsaturated/α-hetero) is 1. The van der Waals surface area contributed by atoms with E-state index < -0.39 is 23.1 Å². The van der Waals surface area contributed by atoms with Crippen LogP contribution in [0.5, 0.6) is 0 Å². The number of hydrogen-bond acceptors (Lipinski definition) is 4. The van der Waals surface area contributed by atoms with Gasteiger partial charge in [-0.2, -0.15) is 9.78 Å². The minimum absolute atomic E-state index is 0.0751. The molecule has 1 unspecified atom stereocenters. The van der Waals surface area contributed by atoms with E-state index in [4.69, 9.17) is 11.6 Å². The lowest BCUT2D eigenvalue weighted by Crippen LogP contribution is -2.29. The Kier molecular flexibility index (Phi) is 5.46. The minimum Gasteiger partial charge on any atom is -0.356 e. The molecule has 6 nitrogen and oxygen atoms in total. The average Bonchev–Trinajstić information content (AvgIpc) is 3.13. The van der Waals surface area contributed by atoms with Gasteiger partial charge in [-0.3, -0.25) is 14.4 Å². The van der Waals surface area contributed by atoms with Gasteiger partial charge in [0.15, 0.2) is 5.78 Å². The molecule has 1 aromatic heterocycles. The van der Waals surface area contributed by atoms with Crippen LogP contribution in [0.15, 0.2) is 59.4 Å². The summed E-state index contributed by atoms with van der Waals surface area (Å²) in [5, 5.41) is 7.55. The Morgan fingerprint density at radius 2 is 1.93 bits per heavy atom. The van der Waals surface area contributed by atoms with Crippen LogP contribution in [-0.4, -0.2) is 28.0 Å². The number of rotatable bonds is 5. The number of hydrogen-bond donors (Lipinski definition) is 1. The maximum atomic E-state index is 13.8. The zero-order chi connectivity index (χ0) is 21.3. The van der Waals surface area contributed by atoms with Crippen LogP contribution in [0.4, 0.5) is 4.39 Å². The van der Waals surface area contributed by atoms with Crippen molar-refractivity contribution in [1.29, 1.82) is 0 Å². The van der Waals surface area contributed by atoms with Gasteiger partial charge >= 0.3 is 0 Å². The maximum absolute atomic E-state index is 13.8. The first-order valence-corrected chi connectivity index (χ1v) is 9.77. The van der Waals surface area contributed by atoms with Gasteiger partial charge in [0.1, 0.15) is 5.82 Å². The van der Waals surface area contributed by atoms with E-state index in [1.165, 1.54) is 30.3 Å². The van der Waals surface area contributed by atoms with Gasteiger partial charge in [-0.1, -0.05) is 29.8 Å². The van der Waals surface area contributed by atoms with Crippen molar-refractivity contribution in [3.05, 3.63) is 81.4 Å². The molecule has 1 N–H and O–H groups in total. The molecule has 152 valence electrons. The van der Waals surface area contributed by atoms with Crippen molar-refractivity contribution in [2.75, 3.05) is 6.54 Å². The van der Waals surface area contributed by atoms with Crippen LogP contribution < -0.4 is 10.9 Å². The highest BCUT2D eigenvalue weighted by atomic mass is 35.5. The van der Waals surface area contributed by atoms with E-state index in [1.54, 1.807) is 24.3 Å². The van der Waals surface area contributed by atoms with Gasteiger partial charge in [0.25, 0.3) is 5.56 Å². The summed E-state index contributed by atoms with van der Waals surface area (Å²) in [6.45, 7) is 0.511. The smallest absolute Gasteiger partial charge is 0.282 e. The van der Waals surface area contributed by atoms with Crippen molar-refractivity contribution >= 4 is 23.3 Å². The number of halogens is 2. The number of nitrogens with zero attached hydrogens (tertiary/aromatic N) is 2. The Hall–Kier alpha value is -3.32. The first-order valence-electron chi connectivity index (χ1n) is 9.39. The topological polar surface area (TPSA) is 81.1 Å². The second-order valence-electron chi connectivity index (χ2n) is 7.05. The summed E-state index contributed by atoms with van der Waals surface area (Å²) in [5.41, 5.74) is 0.427. The zero-order valence-electron chi connectivity index (χ0n) is 15.8. The summed E-state index contributed by atoms with van der Waals surface area (Å²) in [6.07, 6.45) is 0.464. The van der Waals surface area contributed by atoms with Crippen molar-refractivity contribution in [2.24, 2.45) is 5.92 Å². The molecule has 8 heteroatoms. The molecule has 0 saturated carbocycles. The molecule has 0 bridgehead atoms. The van der Waals surface area contributed by atoms with E-state index in [-0.39, 0.29) is 23.6 Å². The second-order valence-corrected chi connectivity index (χ2v) is 7.49. The third kappa shape index (κ3) is 4.02. The molecule has 2 aromatic carbocycles. The Balaban J connectivity index is 1.83. The molecule has 1 saturated heterocycles. The summed E-state index contributed by atoms with van der Waals surface area (Å²) in [7, 11) is 0. The normalized spacial score (nSPS) is 15.8. The second kappa shape index (κ2) is 8.20. The Bertz CT molecular complexity index is 1190. The third-order valence-electron chi connectivity index (χ3n) is 5.00. The van der Waals surface area contributed by atoms with Gasteiger partial charge in [-0.15, -0.1) is 0 Å². The van der Waals surface area contributed by atoms with E-state index in [2.05, 4.69) is 10.4 Å². The van der Waals surface area contributed by atoms with Crippen molar-refractivity contribution < 1.29 is 14.0 Å². The molecular formula is C22H17ClFN3O3. The van der Waals surface area contributed by atoms with Crippen LogP contribution in [0.2, 0.25) is 5.02 Å². The van der Waals surface area contributed by atoms with Crippen LogP contribution in [0.25, 0.3) is 16.9 Å². The SMILES string of the molecule is O=C(CC1CCNC1=O)c1cc(-c2ccc(Cl)cc2)nn(-c2cccc(F)c2)c1=O. The first kappa shape index (κ1) is 20.0. The van der Waals surface area contributed by atoms with Crippen LogP contribution in [0, 0.1) is 11.7 Å². The van der Waals surface area contributed by atoms with Gasteiger partial charge in [0, 0.05) is 29.5 Å². The van der Waals surface area contributed by atoms with Gasteiger partial charge < -0.3 is 5.32 Å². The Labute approximate surface area is 176 Å². The number of aromatic nitrogens is 2. The summed E-state index contributed by atoms with van der Waals surface area (Å²) in [5.74, 6) is -1.65. The van der Waals surface area contributed by atoms with Gasteiger partial charge in [0.05, 0.1) is 16.9 Å². The van der Waals surface area contributed by atoms with Gasteiger partial charge in [-0.25, -0.2) is 4.39 Å². The maximum Gasteiger partial charge on any atom is 0.282 e. The Morgan fingerprint density at radius 1 is 1.17 bits per heavy atom. The third-order valence-corrected chi connectivity index (χ3v) is 5.25. The largest absolute Gasteiger partial charge is 0.356 e. The van der Waals surface area contributed by atoms with E-state index >= 15 is 0 Å². The molecule has 3 aromatic rings. The molecule has 2 heterocycles. The molecule has 1 amide bonds. The van der Waals surface area contributed by atoms with Crippen molar-refractivity contribution in [3.8, 4) is 16.9 Å². The molecule has 0 radical (unpaired) electrons. The summed E-state index contributed by atoms with van der Waals surface area (Å²) >= 11 is 5.95. The van der Waals surface area contributed by atoms with E-state index in [0.29, 0.717) is 29.2 Å². The fourth-order valence-corrected chi connectivity index (χ4v) is 3.54. The minimum atomic E-state index is -0.665. The van der Waals surface area contributed by atoms with Crippen molar-refractivity contribution in [3.63, 3.8) is 0 Å². The van der Waals surface area contributed by atoms with Crippen LogP contribution in [0.3, 0.4) is 0 Å². The van der Waals surface area contributed by atoms with Crippen molar-refractivity contribution in [1.82, 2.24) is 15.1 Å². The standard InChI is InChI=1S/C22H17ClFN3O3/c23-15-6-4-13(5-7-15)19-12-18(20(28)10-14-8-9-25-21(14)29)22(30)27(26-19)17-3-1-2-16(24)11-17/h1-7,11-12,14H,8-10H2,(H,25,29). The highest BCUT2D eigenvalue weighted by molar-refractivity contribution is 6.30. The monoisotopic (exact) mass is 425 g/mol. The Morgan fingerprint density at radius 3 is 2.60 bits per heavy atom. The molecule has 1 fully saturated rings. The fraction of sp³-hybridized carbons (Fsp3) is 0.182. The number of ketones is 1. The summed E-state index contributed by atoms with van der Waals surface area (Å²) < 4.78 is 14.8. The molecule has 30 heavy (non-hydrogen) atoms. The van der Waals surface area contributed by atoms with Crippen LogP contribution in [0.1, 0.15) is 23.2 Å². The lowest BCUT2D eigenvalue weighted by atomic mass is 9.97. The lowest BCUT2D eigenvalue weighted by molar-refractivity contribution is -0.122. The molecule has 4 rings (SSSR count). The number of amides is 1. The summed E-state index contributed by atoms with van der Waals surface area (Å²) in [4.78, 5) is 37.8. The van der Waals surface area contributed by atoms with Crippen LogP contribution >= 0.6 is 11.6 Å². The fourth-order valence-electron chi connectivity index (χ4n) is 3.41. The number of benzene rings is 2. The molecular weight excluding hydrogens is 409 g/mol. The molecule has 0 spiro atoms. The van der Waals surface area contributed by atoms with E-state index in [0.717, 1.165) is 4.68 Å². The van der Waals surface area contributed by atoms with Gasteiger partial charge in [0.2, 0.25) is 5.91 Å². The number of carbonyl (C=O) groups excluding carboxylic acids is 2. The lowest BCUT2D eigenvalue weighted by Gasteiger charge is -2.12. The molecule has 1 aliphatic heterocycles. The quantitative estimate of drug-likeness (QED) is 0.635. The molecule has 1 atom stereocenters. The van der Waals surface area contributed by atoms with E-state index in [1.807, 2.05) is 0 Å².